The van der Waals surface area contributed by atoms with Crippen molar-refractivity contribution in [3.05, 3.63) is 33.3 Å². The first-order chi connectivity index (χ1) is 6.69. The highest BCUT2D eigenvalue weighted by atomic mass is 79.9. The van der Waals surface area contributed by atoms with Gasteiger partial charge in [-0.05, 0) is 30.8 Å². The van der Waals surface area contributed by atoms with Gasteiger partial charge in [0.15, 0.2) is 0 Å². The van der Waals surface area contributed by atoms with Crippen LogP contribution >= 0.6 is 27.5 Å². The van der Waals surface area contributed by atoms with E-state index in [1.807, 2.05) is 25.2 Å². The average molecular weight is 273 g/mol. The molecular weight excluding hydrogens is 261 g/mol. The van der Waals surface area contributed by atoms with Crippen LogP contribution in [0, 0.1) is 12.3 Å². The molecule has 0 radical (unpaired) electrons. The van der Waals surface area contributed by atoms with E-state index in [9.17, 15) is 0 Å². The molecule has 1 aromatic rings. The highest BCUT2D eigenvalue weighted by Gasteiger charge is 2.11. The first-order valence-electron chi connectivity index (χ1n) is 4.24. The van der Waals surface area contributed by atoms with E-state index in [1.54, 1.807) is 0 Å². The monoisotopic (exact) mass is 271 g/mol. The van der Waals surface area contributed by atoms with Gasteiger partial charge in [0, 0.05) is 22.0 Å². The molecule has 0 aliphatic heterocycles. The highest BCUT2D eigenvalue weighted by molar-refractivity contribution is 9.10. The van der Waals surface area contributed by atoms with Gasteiger partial charge < -0.3 is 5.32 Å². The summed E-state index contributed by atoms with van der Waals surface area (Å²) in [5.74, 6) is 2.64. The zero-order chi connectivity index (χ0) is 10.6. The fourth-order valence-electron chi connectivity index (χ4n) is 1.27. The minimum atomic E-state index is 0.146. The number of hydrogen-bond acceptors (Lipinski definition) is 1. The minimum absolute atomic E-state index is 0.146. The summed E-state index contributed by atoms with van der Waals surface area (Å²) in [6.45, 7) is 0. The molecule has 0 heterocycles. The first-order valence-corrected chi connectivity index (χ1v) is 5.41. The average Bonchev–Trinajstić information content (AvgIpc) is 2.18. The Morgan fingerprint density at radius 3 is 2.93 bits per heavy atom. The molecule has 1 atom stereocenters. The molecule has 1 rings (SSSR count). The summed E-state index contributed by atoms with van der Waals surface area (Å²) < 4.78 is 1.02. The van der Waals surface area contributed by atoms with Gasteiger partial charge in [-0.1, -0.05) is 27.5 Å². The first kappa shape index (κ1) is 11.6. The molecule has 0 spiro atoms. The molecule has 0 aliphatic rings. The molecule has 0 saturated heterocycles. The predicted molar refractivity (Wildman–Crippen MR) is 64.4 cm³/mol. The van der Waals surface area contributed by atoms with Crippen molar-refractivity contribution in [3.63, 3.8) is 0 Å². The second-order valence-corrected chi connectivity index (χ2v) is 4.21. The summed E-state index contributed by atoms with van der Waals surface area (Å²) in [6.07, 6.45) is 5.94. The Kier molecular flexibility index (Phi) is 4.47. The van der Waals surface area contributed by atoms with E-state index in [4.69, 9.17) is 18.0 Å². The molecule has 74 valence electrons. The maximum Gasteiger partial charge on any atom is 0.0440 e. The van der Waals surface area contributed by atoms with Crippen molar-refractivity contribution < 1.29 is 0 Å². The van der Waals surface area contributed by atoms with Gasteiger partial charge in [-0.25, -0.2) is 0 Å². The fraction of sp³-hybridized carbons (Fsp3) is 0.273. The molecule has 14 heavy (non-hydrogen) atoms. The van der Waals surface area contributed by atoms with E-state index in [0.717, 1.165) is 15.1 Å². The van der Waals surface area contributed by atoms with Crippen LogP contribution in [0.4, 0.5) is 0 Å². The number of terminal acetylenes is 1. The number of halogens is 2. The largest absolute Gasteiger partial charge is 0.312 e. The van der Waals surface area contributed by atoms with E-state index < -0.39 is 0 Å². The molecule has 1 nitrogen and oxygen atoms in total. The van der Waals surface area contributed by atoms with E-state index >= 15 is 0 Å². The maximum absolute atomic E-state index is 5.92. The quantitative estimate of drug-likeness (QED) is 0.832. The lowest BCUT2D eigenvalue weighted by atomic mass is 10.0. The summed E-state index contributed by atoms with van der Waals surface area (Å²) in [5, 5.41) is 3.88. The SMILES string of the molecule is C#CCC(NC)c1cc(Cl)ccc1Br. The van der Waals surface area contributed by atoms with Crippen molar-refractivity contribution in [2.75, 3.05) is 7.05 Å². The molecular formula is C11H11BrClN. The van der Waals surface area contributed by atoms with Crippen LogP contribution in [-0.4, -0.2) is 7.05 Å². The van der Waals surface area contributed by atoms with Crippen LogP contribution < -0.4 is 5.32 Å². The summed E-state index contributed by atoms with van der Waals surface area (Å²) in [4.78, 5) is 0. The van der Waals surface area contributed by atoms with Gasteiger partial charge in [-0.2, -0.15) is 0 Å². The molecule has 1 N–H and O–H groups in total. The minimum Gasteiger partial charge on any atom is -0.312 e. The van der Waals surface area contributed by atoms with Crippen molar-refractivity contribution >= 4 is 27.5 Å². The molecule has 0 aliphatic carbocycles. The normalized spacial score (nSPS) is 12.1. The molecule has 0 amide bonds. The molecule has 0 bridgehead atoms. The van der Waals surface area contributed by atoms with Crippen molar-refractivity contribution in [1.82, 2.24) is 5.32 Å². The Bertz CT molecular complexity index is 357. The van der Waals surface area contributed by atoms with Gasteiger partial charge in [0.1, 0.15) is 0 Å². The Morgan fingerprint density at radius 1 is 1.64 bits per heavy atom. The lowest BCUT2D eigenvalue weighted by Gasteiger charge is -2.15. The van der Waals surface area contributed by atoms with Crippen LogP contribution in [0.5, 0.6) is 0 Å². The highest BCUT2D eigenvalue weighted by Crippen LogP contribution is 2.28. The van der Waals surface area contributed by atoms with E-state index in [-0.39, 0.29) is 6.04 Å². The second kappa shape index (κ2) is 5.41. The predicted octanol–water partition coefficient (Wildman–Crippen LogP) is 3.39. The van der Waals surface area contributed by atoms with Crippen molar-refractivity contribution in [3.8, 4) is 12.3 Å². The molecule has 1 unspecified atom stereocenters. The number of rotatable bonds is 3. The van der Waals surface area contributed by atoms with Gasteiger partial charge in [0.25, 0.3) is 0 Å². The van der Waals surface area contributed by atoms with Crippen molar-refractivity contribution in [2.45, 2.75) is 12.5 Å². The third-order valence-corrected chi connectivity index (χ3v) is 2.96. The van der Waals surface area contributed by atoms with Crippen LogP contribution in [-0.2, 0) is 0 Å². The van der Waals surface area contributed by atoms with Crippen LogP contribution in [0.1, 0.15) is 18.0 Å². The van der Waals surface area contributed by atoms with Gasteiger partial charge >= 0.3 is 0 Å². The van der Waals surface area contributed by atoms with Gasteiger partial charge in [0.2, 0.25) is 0 Å². The summed E-state index contributed by atoms with van der Waals surface area (Å²) >= 11 is 9.39. The zero-order valence-electron chi connectivity index (χ0n) is 7.85. The molecule has 0 aromatic heterocycles. The number of nitrogens with one attached hydrogen (secondary N) is 1. The molecule has 0 fully saturated rings. The van der Waals surface area contributed by atoms with Gasteiger partial charge in [-0.15, -0.1) is 12.3 Å². The second-order valence-electron chi connectivity index (χ2n) is 2.92. The molecule has 3 heteroatoms. The standard InChI is InChI=1S/C11H11BrClN/c1-3-4-11(14-2)9-7-8(13)5-6-10(9)12/h1,5-7,11,14H,4H2,2H3. The Labute approximate surface area is 98.0 Å². The zero-order valence-corrected chi connectivity index (χ0v) is 10.2. The topological polar surface area (TPSA) is 12.0 Å². The van der Waals surface area contributed by atoms with E-state index in [0.29, 0.717) is 6.42 Å². The molecule has 1 aromatic carbocycles. The summed E-state index contributed by atoms with van der Waals surface area (Å²) in [5.41, 5.74) is 1.10. The van der Waals surface area contributed by atoms with Crippen LogP contribution in [0.3, 0.4) is 0 Å². The van der Waals surface area contributed by atoms with E-state index in [1.165, 1.54) is 0 Å². The Morgan fingerprint density at radius 2 is 2.36 bits per heavy atom. The van der Waals surface area contributed by atoms with Crippen molar-refractivity contribution in [1.29, 1.82) is 0 Å². The third kappa shape index (κ3) is 2.75. The van der Waals surface area contributed by atoms with Crippen LogP contribution in [0.15, 0.2) is 22.7 Å². The van der Waals surface area contributed by atoms with Gasteiger partial charge in [0.05, 0.1) is 0 Å². The number of hydrogen-bond donors (Lipinski definition) is 1. The summed E-state index contributed by atoms with van der Waals surface area (Å²) in [7, 11) is 1.88. The smallest absolute Gasteiger partial charge is 0.0440 e. The van der Waals surface area contributed by atoms with E-state index in [2.05, 4.69) is 27.2 Å². The number of benzene rings is 1. The lowest BCUT2D eigenvalue weighted by molar-refractivity contribution is 0.609. The Balaban J connectivity index is 3.03. The Hall–Kier alpha value is -0.490. The maximum atomic E-state index is 5.92. The van der Waals surface area contributed by atoms with Crippen LogP contribution in [0.2, 0.25) is 5.02 Å². The van der Waals surface area contributed by atoms with Crippen molar-refractivity contribution in [2.24, 2.45) is 0 Å². The van der Waals surface area contributed by atoms with Gasteiger partial charge in [-0.3, -0.25) is 0 Å². The van der Waals surface area contributed by atoms with Crippen LogP contribution in [0.25, 0.3) is 0 Å². The lowest BCUT2D eigenvalue weighted by Crippen LogP contribution is -2.16. The molecule has 0 saturated carbocycles. The third-order valence-electron chi connectivity index (χ3n) is 2.00. The summed E-state index contributed by atoms with van der Waals surface area (Å²) in [6, 6.07) is 5.84. The fourth-order valence-corrected chi connectivity index (χ4v) is 1.97.